The van der Waals surface area contributed by atoms with Gasteiger partial charge in [-0.2, -0.15) is 13.2 Å². The lowest BCUT2D eigenvalue weighted by Gasteiger charge is -2.23. The third-order valence-electron chi connectivity index (χ3n) is 2.25. The fraction of sp³-hybridized carbons (Fsp3) is 0.400. The lowest BCUT2D eigenvalue weighted by molar-refractivity contribution is -0.210. The maximum Gasteiger partial charge on any atom is 0.416 e. The van der Waals surface area contributed by atoms with Crippen LogP contribution in [-0.2, 0) is 0 Å². The van der Waals surface area contributed by atoms with E-state index >= 15 is 0 Å². The lowest BCUT2D eigenvalue weighted by atomic mass is 10.0. The van der Waals surface area contributed by atoms with Gasteiger partial charge < -0.3 is 20.7 Å². The zero-order chi connectivity index (χ0) is 13.2. The van der Waals surface area contributed by atoms with Crippen molar-refractivity contribution in [3.8, 4) is 11.5 Å². The van der Waals surface area contributed by atoms with Crippen LogP contribution in [-0.4, -0.2) is 29.6 Å². The van der Waals surface area contributed by atoms with Crippen molar-refractivity contribution >= 4 is 12.4 Å². The van der Waals surface area contributed by atoms with Crippen molar-refractivity contribution in [2.75, 3.05) is 7.11 Å². The number of phenolic OH excluding ortho intramolecular Hbond substituents is 1. The van der Waals surface area contributed by atoms with Gasteiger partial charge in [0.05, 0.1) is 13.2 Å². The highest BCUT2D eigenvalue weighted by Gasteiger charge is 2.43. The Hall–Kier alpha value is -1.18. The number of ether oxygens (including phenoxy) is 1. The van der Waals surface area contributed by atoms with Crippen LogP contribution in [0.25, 0.3) is 0 Å². The summed E-state index contributed by atoms with van der Waals surface area (Å²) >= 11 is 0. The Kier molecular flexibility index (Phi) is 5.72. The minimum atomic E-state index is -4.82. The summed E-state index contributed by atoms with van der Waals surface area (Å²) in [5.74, 6) is -0.180. The first-order valence-electron chi connectivity index (χ1n) is 4.64. The molecule has 0 spiro atoms. The first kappa shape index (κ1) is 16.8. The van der Waals surface area contributed by atoms with Crippen molar-refractivity contribution in [3.05, 3.63) is 23.8 Å². The van der Waals surface area contributed by atoms with Crippen LogP contribution < -0.4 is 10.5 Å². The van der Waals surface area contributed by atoms with Crippen molar-refractivity contribution in [2.45, 2.75) is 18.3 Å². The predicted molar refractivity (Wildman–Crippen MR) is 60.9 cm³/mol. The molecule has 1 aromatic rings. The zero-order valence-corrected chi connectivity index (χ0v) is 10.1. The molecule has 4 N–H and O–H groups in total. The van der Waals surface area contributed by atoms with Crippen LogP contribution in [0.1, 0.15) is 11.6 Å². The molecule has 0 unspecified atom stereocenters. The molecule has 4 nitrogen and oxygen atoms in total. The number of benzene rings is 1. The monoisotopic (exact) mass is 287 g/mol. The van der Waals surface area contributed by atoms with Crippen molar-refractivity contribution in [3.63, 3.8) is 0 Å². The number of nitrogens with two attached hydrogens (primary N) is 1. The van der Waals surface area contributed by atoms with E-state index in [0.29, 0.717) is 0 Å². The molecule has 0 aliphatic carbocycles. The van der Waals surface area contributed by atoms with E-state index in [1.807, 2.05) is 0 Å². The number of phenols is 1. The molecule has 2 atom stereocenters. The molecule has 0 bridgehead atoms. The Balaban J connectivity index is 0.00000289. The average Bonchev–Trinajstić information content (AvgIpc) is 2.25. The fourth-order valence-electron chi connectivity index (χ4n) is 1.35. The summed E-state index contributed by atoms with van der Waals surface area (Å²) in [6.07, 6.45) is -7.51. The molecule has 0 saturated carbocycles. The van der Waals surface area contributed by atoms with Gasteiger partial charge in [-0.15, -0.1) is 12.4 Å². The molecular formula is C10H13ClF3NO3. The lowest BCUT2D eigenvalue weighted by Crippen LogP contribution is -2.39. The molecule has 0 heterocycles. The molecule has 1 rings (SSSR count). The second kappa shape index (κ2) is 6.12. The Morgan fingerprint density at radius 2 is 1.89 bits per heavy atom. The highest BCUT2D eigenvalue weighted by atomic mass is 35.5. The van der Waals surface area contributed by atoms with Crippen molar-refractivity contribution < 1.29 is 28.1 Å². The molecule has 8 heteroatoms. The van der Waals surface area contributed by atoms with E-state index in [1.165, 1.54) is 19.2 Å². The van der Waals surface area contributed by atoms with Gasteiger partial charge in [0, 0.05) is 11.6 Å². The van der Waals surface area contributed by atoms with Crippen LogP contribution in [0.15, 0.2) is 18.2 Å². The third kappa shape index (κ3) is 3.66. The highest BCUT2D eigenvalue weighted by molar-refractivity contribution is 5.85. The number of hydrogen-bond donors (Lipinski definition) is 3. The van der Waals surface area contributed by atoms with Crippen LogP contribution in [0.2, 0.25) is 0 Å². The number of halogens is 4. The van der Waals surface area contributed by atoms with E-state index in [-0.39, 0.29) is 29.5 Å². The van der Waals surface area contributed by atoms with Gasteiger partial charge in [-0.1, -0.05) is 0 Å². The Morgan fingerprint density at radius 3 is 2.33 bits per heavy atom. The van der Waals surface area contributed by atoms with Crippen molar-refractivity contribution in [1.29, 1.82) is 0 Å². The molecule has 0 radical (unpaired) electrons. The molecule has 18 heavy (non-hydrogen) atoms. The first-order chi connectivity index (χ1) is 7.77. The summed E-state index contributed by atoms with van der Waals surface area (Å²) in [4.78, 5) is 0. The van der Waals surface area contributed by atoms with Crippen LogP contribution >= 0.6 is 12.4 Å². The summed E-state index contributed by atoms with van der Waals surface area (Å²) in [6.45, 7) is 0. The average molecular weight is 288 g/mol. The standard InChI is InChI=1S/C10H12F3NO3.ClH/c1-17-7-4-5(15)2-3-6(7)8(14)9(16)10(11,12)13;/h2-4,8-9,15-16H,14H2,1H3;1H/t8-,9-;/m0./s1. The van der Waals surface area contributed by atoms with Gasteiger partial charge in [0.2, 0.25) is 0 Å². The molecule has 0 aliphatic rings. The maximum absolute atomic E-state index is 12.3. The van der Waals surface area contributed by atoms with Gasteiger partial charge in [0.1, 0.15) is 11.5 Å². The fourth-order valence-corrected chi connectivity index (χ4v) is 1.35. The smallest absolute Gasteiger partial charge is 0.416 e. The number of rotatable bonds is 3. The topological polar surface area (TPSA) is 75.7 Å². The van der Waals surface area contributed by atoms with Gasteiger partial charge in [0.15, 0.2) is 6.10 Å². The highest BCUT2D eigenvalue weighted by Crippen LogP contribution is 2.34. The van der Waals surface area contributed by atoms with E-state index < -0.39 is 18.3 Å². The van der Waals surface area contributed by atoms with Crippen molar-refractivity contribution in [1.82, 2.24) is 0 Å². The SMILES string of the molecule is COc1cc(O)ccc1[C@H](N)[C@H](O)C(F)(F)F.Cl. The summed E-state index contributed by atoms with van der Waals surface area (Å²) < 4.78 is 41.6. The molecule has 0 aromatic heterocycles. The van der Waals surface area contributed by atoms with Gasteiger partial charge in [-0.3, -0.25) is 0 Å². The van der Waals surface area contributed by atoms with Crippen LogP contribution in [0.5, 0.6) is 11.5 Å². The minimum Gasteiger partial charge on any atom is -0.508 e. The van der Waals surface area contributed by atoms with Gasteiger partial charge in [-0.25, -0.2) is 0 Å². The second-order valence-electron chi connectivity index (χ2n) is 3.44. The Labute approximate surface area is 108 Å². The molecule has 104 valence electrons. The molecule has 1 aromatic carbocycles. The summed E-state index contributed by atoms with van der Waals surface area (Å²) in [5.41, 5.74) is 5.29. The number of methoxy groups -OCH3 is 1. The summed E-state index contributed by atoms with van der Waals surface area (Å²) in [5, 5.41) is 18.2. The van der Waals surface area contributed by atoms with Gasteiger partial charge >= 0.3 is 6.18 Å². The molecule has 0 amide bonds. The maximum atomic E-state index is 12.3. The van der Waals surface area contributed by atoms with Gasteiger partial charge in [0.25, 0.3) is 0 Å². The van der Waals surface area contributed by atoms with Crippen LogP contribution in [0.3, 0.4) is 0 Å². The first-order valence-corrected chi connectivity index (χ1v) is 4.64. The molecule has 0 fully saturated rings. The predicted octanol–water partition coefficient (Wildman–Crippen LogP) is 1.75. The quantitative estimate of drug-likeness (QED) is 0.791. The minimum absolute atomic E-state index is 0. The van der Waals surface area contributed by atoms with Crippen molar-refractivity contribution in [2.24, 2.45) is 5.73 Å². The third-order valence-corrected chi connectivity index (χ3v) is 2.25. The van der Waals surface area contributed by atoms with E-state index in [1.54, 1.807) is 0 Å². The summed E-state index contributed by atoms with van der Waals surface area (Å²) in [7, 11) is 1.23. The number of aliphatic hydroxyl groups excluding tert-OH is 1. The number of aliphatic hydroxyl groups is 1. The molecular weight excluding hydrogens is 275 g/mol. The van der Waals surface area contributed by atoms with Crippen LogP contribution in [0, 0.1) is 0 Å². The second-order valence-corrected chi connectivity index (χ2v) is 3.44. The largest absolute Gasteiger partial charge is 0.508 e. The Morgan fingerprint density at radius 1 is 1.33 bits per heavy atom. The van der Waals surface area contributed by atoms with E-state index in [0.717, 1.165) is 6.07 Å². The number of aromatic hydroxyl groups is 1. The normalized spacial score (nSPS) is 14.6. The Bertz CT molecular complexity index is 400. The number of alkyl halides is 3. The van der Waals surface area contributed by atoms with E-state index in [9.17, 15) is 13.2 Å². The van der Waals surface area contributed by atoms with Crippen LogP contribution in [0.4, 0.5) is 13.2 Å². The zero-order valence-electron chi connectivity index (χ0n) is 9.31. The van der Waals surface area contributed by atoms with Gasteiger partial charge in [-0.05, 0) is 12.1 Å². The molecule has 0 saturated heterocycles. The summed E-state index contributed by atoms with van der Waals surface area (Å²) in [6, 6.07) is 1.79. The van der Waals surface area contributed by atoms with E-state index in [4.69, 9.17) is 20.7 Å². The molecule has 0 aliphatic heterocycles. The van der Waals surface area contributed by atoms with E-state index in [2.05, 4.69) is 0 Å². The number of hydrogen-bond acceptors (Lipinski definition) is 4.